The van der Waals surface area contributed by atoms with Gasteiger partial charge in [-0.1, -0.05) is 12.1 Å². The Morgan fingerprint density at radius 2 is 1.76 bits per heavy atom. The highest BCUT2D eigenvalue weighted by Gasteiger charge is 2.22. The smallest absolute Gasteiger partial charge is 0.255 e. The van der Waals surface area contributed by atoms with E-state index in [2.05, 4.69) is 41.4 Å². The standard InChI is InChI=1S/C23H27N3O2S/c1-16-18(3)29-23(26-10-4-5-11-26)21(16)22(27)24-17(2)19-6-8-20(9-7-19)25-12-14-28-15-13-25/h4-11,17H,12-15H2,1-3H3,(H,24,27). The molecule has 152 valence electrons. The van der Waals surface area contributed by atoms with Crippen molar-refractivity contribution in [2.24, 2.45) is 0 Å². The fourth-order valence-corrected chi connectivity index (χ4v) is 4.80. The number of hydrogen-bond donors (Lipinski definition) is 1. The van der Waals surface area contributed by atoms with Gasteiger partial charge in [0.2, 0.25) is 0 Å². The van der Waals surface area contributed by atoms with Crippen molar-refractivity contribution in [3.05, 3.63) is 70.4 Å². The summed E-state index contributed by atoms with van der Waals surface area (Å²) in [6, 6.07) is 12.4. The Morgan fingerprint density at radius 1 is 1.10 bits per heavy atom. The summed E-state index contributed by atoms with van der Waals surface area (Å²) in [6.07, 6.45) is 3.96. The molecular formula is C23H27N3O2S. The van der Waals surface area contributed by atoms with Crippen molar-refractivity contribution >= 4 is 22.9 Å². The first-order valence-electron chi connectivity index (χ1n) is 10.0. The molecule has 0 saturated carbocycles. The SMILES string of the molecule is Cc1sc(-n2cccc2)c(C(=O)NC(C)c2ccc(N3CCOCC3)cc2)c1C. The van der Waals surface area contributed by atoms with Crippen LogP contribution in [0.2, 0.25) is 0 Å². The number of morpholine rings is 1. The van der Waals surface area contributed by atoms with Crippen LogP contribution in [0.4, 0.5) is 5.69 Å². The molecule has 1 N–H and O–H groups in total. The van der Waals surface area contributed by atoms with E-state index in [9.17, 15) is 4.79 Å². The number of benzene rings is 1. The average molecular weight is 410 g/mol. The van der Waals surface area contributed by atoms with Crippen LogP contribution in [0.15, 0.2) is 48.8 Å². The molecule has 3 heterocycles. The van der Waals surface area contributed by atoms with Gasteiger partial charge in [0, 0.05) is 36.0 Å². The molecule has 0 aliphatic carbocycles. The number of anilines is 1. The Kier molecular flexibility index (Phi) is 5.74. The lowest BCUT2D eigenvalue weighted by Crippen LogP contribution is -2.36. The Bertz CT molecular complexity index is 970. The van der Waals surface area contributed by atoms with E-state index in [0.717, 1.165) is 48.0 Å². The second kappa shape index (κ2) is 8.43. The molecule has 0 bridgehead atoms. The molecule has 1 aliphatic rings. The van der Waals surface area contributed by atoms with E-state index in [-0.39, 0.29) is 11.9 Å². The van der Waals surface area contributed by atoms with Gasteiger partial charge in [-0.25, -0.2) is 0 Å². The molecule has 3 aromatic rings. The van der Waals surface area contributed by atoms with Gasteiger partial charge in [-0.2, -0.15) is 0 Å². The molecule has 4 rings (SSSR count). The molecule has 0 spiro atoms. The molecule has 1 fully saturated rings. The van der Waals surface area contributed by atoms with Crippen LogP contribution in [-0.4, -0.2) is 36.8 Å². The summed E-state index contributed by atoms with van der Waals surface area (Å²) in [5, 5.41) is 4.16. The molecule has 1 aliphatic heterocycles. The van der Waals surface area contributed by atoms with Crippen LogP contribution < -0.4 is 10.2 Å². The molecule has 0 radical (unpaired) electrons. The molecule has 1 unspecified atom stereocenters. The van der Waals surface area contributed by atoms with E-state index in [1.54, 1.807) is 11.3 Å². The minimum absolute atomic E-state index is 0.0275. The molecular weight excluding hydrogens is 382 g/mol. The minimum Gasteiger partial charge on any atom is -0.378 e. The summed E-state index contributed by atoms with van der Waals surface area (Å²) in [4.78, 5) is 16.7. The Morgan fingerprint density at radius 3 is 2.41 bits per heavy atom. The first-order chi connectivity index (χ1) is 14.0. The average Bonchev–Trinajstić information content (AvgIpc) is 3.37. The maximum atomic E-state index is 13.2. The number of aromatic nitrogens is 1. The fourth-order valence-electron chi connectivity index (χ4n) is 3.68. The van der Waals surface area contributed by atoms with Crippen molar-refractivity contribution in [2.75, 3.05) is 31.2 Å². The molecule has 29 heavy (non-hydrogen) atoms. The van der Waals surface area contributed by atoms with Crippen LogP contribution in [0.25, 0.3) is 5.00 Å². The van der Waals surface area contributed by atoms with Crippen molar-refractivity contribution in [3.8, 4) is 5.00 Å². The van der Waals surface area contributed by atoms with Crippen molar-refractivity contribution in [1.29, 1.82) is 0 Å². The van der Waals surface area contributed by atoms with Crippen LogP contribution in [0.5, 0.6) is 0 Å². The van der Waals surface area contributed by atoms with Gasteiger partial charge in [-0.3, -0.25) is 4.79 Å². The number of nitrogens with zero attached hydrogens (tertiary/aromatic N) is 2. The number of nitrogens with one attached hydrogen (secondary N) is 1. The zero-order valence-electron chi connectivity index (χ0n) is 17.1. The highest BCUT2D eigenvalue weighted by molar-refractivity contribution is 7.15. The van der Waals surface area contributed by atoms with Gasteiger partial charge in [0.25, 0.3) is 5.91 Å². The monoisotopic (exact) mass is 409 g/mol. The number of carbonyl (C=O) groups excluding carboxylic acids is 1. The lowest BCUT2D eigenvalue weighted by atomic mass is 10.1. The second-order valence-corrected chi connectivity index (χ2v) is 8.64. The van der Waals surface area contributed by atoms with Crippen molar-refractivity contribution < 1.29 is 9.53 Å². The van der Waals surface area contributed by atoms with E-state index in [4.69, 9.17) is 4.74 Å². The van der Waals surface area contributed by atoms with Crippen molar-refractivity contribution in [1.82, 2.24) is 9.88 Å². The lowest BCUT2D eigenvalue weighted by molar-refractivity contribution is 0.0939. The third-order valence-electron chi connectivity index (χ3n) is 5.55. The first kappa shape index (κ1) is 19.7. The molecule has 1 saturated heterocycles. The van der Waals surface area contributed by atoms with Crippen LogP contribution in [0.3, 0.4) is 0 Å². The second-order valence-electron chi connectivity index (χ2n) is 7.44. The van der Waals surface area contributed by atoms with Gasteiger partial charge in [-0.05, 0) is 56.2 Å². The third kappa shape index (κ3) is 4.09. The number of hydrogen-bond acceptors (Lipinski definition) is 4. The minimum atomic E-state index is -0.0710. The zero-order valence-corrected chi connectivity index (χ0v) is 18.0. The van der Waals surface area contributed by atoms with Gasteiger partial charge in [0.15, 0.2) is 0 Å². The summed E-state index contributed by atoms with van der Waals surface area (Å²) in [6.45, 7) is 9.52. The molecule has 1 amide bonds. The van der Waals surface area contributed by atoms with Crippen LogP contribution in [0.1, 0.15) is 39.3 Å². The normalized spacial score (nSPS) is 15.3. The Hall–Kier alpha value is -2.57. The number of rotatable bonds is 5. The van der Waals surface area contributed by atoms with Crippen molar-refractivity contribution in [2.45, 2.75) is 26.8 Å². The van der Waals surface area contributed by atoms with Crippen LogP contribution in [0, 0.1) is 13.8 Å². The number of ether oxygens (including phenoxy) is 1. The van der Waals surface area contributed by atoms with Gasteiger partial charge in [-0.15, -0.1) is 11.3 Å². The lowest BCUT2D eigenvalue weighted by Gasteiger charge is -2.29. The van der Waals surface area contributed by atoms with Crippen LogP contribution >= 0.6 is 11.3 Å². The fraction of sp³-hybridized carbons (Fsp3) is 0.348. The number of aryl methyl sites for hydroxylation is 1. The maximum Gasteiger partial charge on any atom is 0.255 e. The highest BCUT2D eigenvalue weighted by atomic mass is 32.1. The highest BCUT2D eigenvalue weighted by Crippen LogP contribution is 2.31. The van der Waals surface area contributed by atoms with Gasteiger partial charge < -0.3 is 19.5 Å². The van der Waals surface area contributed by atoms with E-state index < -0.39 is 0 Å². The summed E-state index contributed by atoms with van der Waals surface area (Å²) in [5.74, 6) is -0.0275. The van der Waals surface area contributed by atoms with E-state index in [0.29, 0.717) is 0 Å². The third-order valence-corrected chi connectivity index (χ3v) is 6.77. The number of amides is 1. The Labute approximate surface area is 175 Å². The number of carbonyl (C=O) groups is 1. The number of thiophene rings is 1. The van der Waals surface area contributed by atoms with Crippen molar-refractivity contribution in [3.63, 3.8) is 0 Å². The molecule has 1 aromatic carbocycles. The summed E-state index contributed by atoms with van der Waals surface area (Å²) in [7, 11) is 0. The Balaban J connectivity index is 1.50. The topological polar surface area (TPSA) is 46.5 Å². The summed E-state index contributed by atoms with van der Waals surface area (Å²) in [5.41, 5.74) is 4.11. The van der Waals surface area contributed by atoms with E-state index >= 15 is 0 Å². The summed E-state index contributed by atoms with van der Waals surface area (Å²) < 4.78 is 7.44. The van der Waals surface area contributed by atoms with Gasteiger partial charge >= 0.3 is 0 Å². The van der Waals surface area contributed by atoms with E-state index in [1.807, 2.05) is 42.9 Å². The molecule has 5 nitrogen and oxygen atoms in total. The van der Waals surface area contributed by atoms with Gasteiger partial charge in [0.1, 0.15) is 5.00 Å². The summed E-state index contributed by atoms with van der Waals surface area (Å²) >= 11 is 1.65. The van der Waals surface area contributed by atoms with Gasteiger partial charge in [0.05, 0.1) is 24.8 Å². The van der Waals surface area contributed by atoms with Crippen LogP contribution in [-0.2, 0) is 4.74 Å². The first-order valence-corrected chi connectivity index (χ1v) is 10.8. The quantitative estimate of drug-likeness (QED) is 0.676. The zero-order chi connectivity index (χ0) is 20.4. The largest absolute Gasteiger partial charge is 0.378 e. The molecule has 2 aromatic heterocycles. The molecule has 1 atom stereocenters. The molecule has 6 heteroatoms. The maximum absolute atomic E-state index is 13.2. The predicted octanol–water partition coefficient (Wildman–Crippen LogP) is 4.48. The predicted molar refractivity (Wildman–Crippen MR) is 118 cm³/mol. The van der Waals surface area contributed by atoms with E-state index in [1.165, 1.54) is 10.6 Å².